The lowest BCUT2D eigenvalue weighted by Crippen LogP contribution is -2.71. The van der Waals surface area contributed by atoms with Gasteiger partial charge in [-0.2, -0.15) is 0 Å². The zero-order valence-corrected chi connectivity index (χ0v) is 24.2. The minimum Gasteiger partial charge on any atom is -0.463 e. The van der Waals surface area contributed by atoms with Crippen molar-refractivity contribution < 1.29 is 66.5 Å². The van der Waals surface area contributed by atoms with Gasteiger partial charge < -0.3 is 52.7 Å². The highest BCUT2D eigenvalue weighted by Crippen LogP contribution is 2.37. The third kappa shape index (κ3) is 8.19. The first-order chi connectivity index (χ1) is 19.8. The van der Waals surface area contributed by atoms with Crippen molar-refractivity contribution in [2.75, 3.05) is 27.4 Å². The lowest BCUT2D eigenvalue weighted by Gasteiger charge is -2.52. The van der Waals surface area contributed by atoms with Gasteiger partial charge >= 0.3 is 24.0 Å². The number of azide groups is 1. The van der Waals surface area contributed by atoms with Gasteiger partial charge in [-0.25, -0.2) is 4.79 Å². The van der Waals surface area contributed by atoms with E-state index in [1.165, 1.54) is 7.11 Å². The molecule has 1 amide bonds. The van der Waals surface area contributed by atoms with Crippen molar-refractivity contribution >= 4 is 24.0 Å². The highest BCUT2D eigenvalue weighted by atomic mass is 16.8. The van der Waals surface area contributed by atoms with Gasteiger partial charge in [-0.15, -0.1) is 0 Å². The molecule has 0 aromatic carbocycles. The van der Waals surface area contributed by atoms with E-state index in [9.17, 15) is 24.7 Å². The summed E-state index contributed by atoms with van der Waals surface area (Å²) in [6.45, 7) is 6.32. The maximum absolute atomic E-state index is 12.3. The Labute approximate surface area is 241 Å². The number of esters is 3. The number of hydrogen-bond donors (Lipinski definition) is 1. The Morgan fingerprint density at radius 3 is 2.21 bits per heavy atom. The molecule has 3 aliphatic rings. The molecule has 0 aliphatic carbocycles. The average molecular weight is 605 g/mol. The number of carbonyl (C=O) groups is 4. The highest BCUT2D eigenvalue weighted by Gasteiger charge is 2.57. The van der Waals surface area contributed by atoms with E-state index in [1.807, 2.05) is 0 Å². The van der Waals surface area contributed by atoms with E-state index in [4.69, 9.17) is 47.4 Å². The van der Waals surface area contributed by atoms with Crippen LogP contribution in [0.3, 0.4) is 0 Å². The number of carbonyl (C=O) groups excluding carboxylic acids is 4. The van der Waals surface area contributed by atoms with Crippen LogP contribution in [0.1, 0.15) is 34.6 Å². The molecule has 0 bridgehead atoms. The quantitative estimate of drug-likeness (QED) is 0.124. The van der Waals surface area contributed by atoms with Crippen molar-refractivity contribution in [3.8, 4) is 0 Å². The van der Waals surface area contributed by atoms with Crippen LogP contribution in [-0.2, 0) is 61.8 Å². The molecule has 3 rings (SSSR count). The molecule has 10 atom stereocenters. The van der Waals surface area contributed by atoms with Crippen LogP contribution in [0.5, 0.6) is 0 Å². The number of rotatable bonds is 9. The fourth-order valence-corrected chi connectivity index (χ4v) is 4.87. The highest BCUT2D eigenvalue weighted by molar-refractivity contribution is 5.68. The van der Waals surface area contributed by atoms with Gasteiger partial charge in [0, 0.05) is 32.8 Å². The van der Waals surface area contributed by atoms with Crippen LogP contribution < -0.4 is 5.32 Å². The third-order valence-electron chi connectivity index (χ3n) is 6.51. The van der Waals surface area contributed by atoms with Crippen molar-refractivity contribution in [1.29, 1.82) is 0 Å². The van der Waals surface area contributed by atoms with Gasteiger partial charge in [0.2, 0.25) is 0 Å². The average Bonchev–Trinajstić information content (AvgIpc) is 2.90. The predicted octanol–water partition coefficient (Wildman–Crippen LogP) is 0.449. The van der Waals surface area contributed by atoms with Crippen LogP contribution >= 0.6 is 0 Å². The monoisotopic (exact) mass is 604 g/mol. The largest absolute Gasteiger partial charge is 0.463 e. The Morgan fingerprint density at radius 1 is 0.976 bits per heavy atom. The fourth-order valence-electron chi connectivity index (χ4n) is 4.87. The third-order valence-corrected chi connectivity index (χ3v) is 6.51. The second kappa shape index (κ2) is 14.3. The second-order valence-corrected chi connectivity index (χ2v) is 10.0. The van der Waals surface area contributed by atoms with Crippen molar-refractivity contribution in [2.24, 2.45) is 5.11 Å². The number of nitrogens with one attached hydrogen (secondary N) is 1. The molecule has 0 aromatic heterocycles. The molecule has 18 nitrogen and oxygen atoms in total. The number of alkyl carbamates (subject to hydrolysis) is 1. The minimum absolute atomic E-state index is 0.0628. The molecule has 0 saturated carbocycles. The van der Waals surface area contributed by atoms with E-state index in [0.717, 1.165) is 27.9 Å². The summed E-state index contributed by atoms with van der Waals surface area (Å²) >= 11 is 0. The normalized spacial score (nSPS) is 35.4. The van der Waals surface area contributed by atoms with E-state index >= 15 is 0 Å². The van der Waals surface area contributed by atoms with Gasteiger partial charge in [0.15, 0.2) is 30.6 Å². The van der Waals surface area contributed by atoms with Crippen LogP contribution in [0, 0.1) is 0 Å². The number of fused-ring (bicyclic) bond motifs is 1. The minimum atomic E-state index is -1.53. The lowest BCUT2D eigenvalue weighted by atomic mass is 9.93. The molecule has 3 heterocycles. The summed E-state index contributed by atoms with van der Waals surface area (Å²) in [7, 11) is 2.51. The van der Waals surface area contributed by atoms with Gasteiger partial charge in [-0.05, 0) is 19.4 Å². The molecule has 3 fully saturated rings. The first-order valence-electron chi connectivity index (χ1n) is 13.0. The van der Waals surface area contributed by atoms with Crippen LogP contribution in [0.15, 0.2) is 5.11 Å². The summed E-state index contributed by atoms with van der Waals surface area (Å²) in [6.07, 6.45) is -10.3. The SMILES string of the molecule is COC(=O)N[C@H]1[C@H](OC)O[C@@H]2COC(C)(C)O[C@H]2[C@@H]1O[C@H]1O[C@H](COC(C)=O)[C@@H](OC(C)=O)[C@H](OC(C)=O)[C@@H]1N=[N+]=[N-]. The standard InChI is InChI=1S/C24H36N4O14/c1-10(29)35-8-13-17(37-11(2)30)20(38-12(3)31)16(27-28-25)22(40-13)41-19-15(26-23(32)34-7)21(33-6)39-14-9-36-24(4,5)42-18(14)19/h13-22H,8-9H2,1-7H3,(H,26,32)/t13-,14-,15-,16+,17-,18-,19-,20-,21-,22-/m1/s1. The Kier molecular flexibility index (Phi) is 11.3. The molecular formula is C24H36N4O14. The van der Waals surface area contributed by atoms with Crippen molar-refractivity contribution in [2.45, 2.75) is 102 Å². The van der Waals surface area contributed by atoms with Crippen LogP contribution in [0.25, 0.3) is 10.4 Å². The zero-order valence-electron chi connectivity index (χ0n) is 24.2. The van der Waals surface area contributed by atoms with Crippen molar-refractivity contribution in [1.82, 2.24) is 5.32 Å². The first-order valence-corrected chi connectivity index (χ1v) is 13.0. The maximum atomic E-state index is 12.3. The Bertz CT molecular complexity index is 1050. The van der Waals surface area contributed by atoms with Crippen LogP contribution in [-0.4, -0.2) is 119 Å². The van der Waals surface area contributed by atoms with Gasteiger partial charge in [0.05, 0.1) is 13.7 Å². The molecule has 18 heteroatoms. The topological polar surface area (TPSA) is 221 Å². The number of methoxy groups -OCH3 is 2. The summed E-state index contributed by atoms with van der Waals surface area (Å²) in [5.74, 6) is -3.34. The van der Waals surface area contributed by atoms with Crippen molar-refractivity contribution in [3.63, 3.8) is 0 Å². The second-order valence-electron chi connectivity index (χ2n) is 10.0. The Morgan fingerprint density at radius 2 is 1.64 bits per heavy atom. The number of ether oxygens (including phenoxy) is 10. The van der Waals surface area contributed by atoms with E-state index in [-0.39, 0.29) is 6.61 Å². The van der Waals surface area contributed by atoms with E-state index in [1.54, 1.807) is 13.8 Å². The molecule has 0 unspecified atom stereocenters. The summed E-state index contributed by atoms with van der Waals surface area (Å²) < 4.78 is 56.4. The maximum Gasteiger partial charge on any atom is 0.407 e. The van der Waals surface area contributed by atoms with E-state index in [2.05, 4.69) is 15.3 Å². The van der Waals surface area contributed by atoms with Gasteiger partial charge in [-0.3, -0.25) is 14.4 Å². The predicted molar refractivity (Wildman–Crippen MR) is 134 cm³/mol. The molecule has 0 aromatic rings. The molecule has 1 N–H and O–H groups in total. The van der Waals surface area contributed by atoms with Crippen LogP contribution in [0.2, 0.25) is 0 Å². The smallest absolute Gasteiger partial charge is 0.407 e. The van der Waals surface area contributed by atoms with E-state index < -0.39 is 97.7 Å². The van der Waals surface area contributed by atoms with Crippen molar-refractivity contribution in [3.05, 3.63) is 10.4 Å². The fraction of sp³-hybridized carbons (Fsp3) is 0.833. The lowest BCUT2D eigenvalue weighted by molar-refractivity contribution is -0.386. The number of hydrogen-bond acceptors (Lipinski definition) is 15. The molecule has 0 radical (unpaired) electrons. The summed E-state index contributed by atoms with van der Waals surface area (Å²) in [4.78, 5) is 50.9. The Balaban J connectivity index is 2.08. The summed E-state index contributed by atoms with van der Waals surface area (Å²) in [6, 6.07) is -2.52. The molecule has 3 saturated heterocycles. The zero-order chi connectivity index (χ0) is 31.2. The summed E-state index contributed by atoms with van der Waals surface area (Å²) in [5, 5.41) is 6.35. The van der Waals surface area contributed by atoms with Crippen LogP contribution in [0.4, 0.5) is 4.79 Å². The van der Waals surface area contributed by atoms with Gasteiger partial charge in [0.1, 0.15) is 43.1 Å². The summed E-state index contributed by atoms with van der Waals surface area (Å²) in [5.41, 5.74) is 9.42. The molecule has 3 aliphatic heterocycles. The molecular weight excluding hydrogens is 568 g/mol. The van der Waals surface area contributed by atoms with E-state index in [0.29, 0.717) is 0 Å². The first kappa shape index (κ1) is 33.3. The molecule has 236 valence electrons. The van der Waals surface area contributed by atoms with Gasteiger partial charge in [0.25, 0.3) is 0 Å². The number of nitrogens with zero attached hydrogens (tertiary/aromatic N) is 3. The number of amides is 1. The molecule has 0 spiro atoms. The Hall–Kier alpha value is -3.25. The molecule has 42 heavy (non-hydrogen) atoms. The van der Waals surface area contributed by atoms with Gasteiger partial charge in [-0.1, -0.05) is 5.11 Å².